The van der Waals surface area contributed by atoms with Gasteiger partial charge in [-0.1, -0.05) is 0 Å². The first-order valence-electron chi connectivity index (χ1n) is 9.61. The van der Waals surface area contributed by atoms with Crippen LogP contribution in [0.5, 0.6) is 11.5 Å². The average Bonchev–Trinajstić information content (AvgIpc) is 3.01. The van der Waals surface area contributed by atoms with Crippen LogP contribution in [0.25, 0.3) is 10.9 Å². The van der Waals surface area contributed by atoms with Gasteiger partial charge in [0.05, 0.1) is 25.7 Å². The number of nitrogens with one attached hydrogen (secondary N) is 1. The number of amides is 1. The molecule has 1 amide bonds. The van der Waals surface area contributed by atoms with Crippen molar-refractivity contribution >= 4 is 22.7 Å². The van der Waals surface area contributed by atoms with Crippen LogP contribution in [0.1, 0.15) is 21.6 Å². The highest BCUT2D eigenvalue weighted by molar-refractivity contribution is 6.05. The minimum absolute atomic E-state index is 0.0485. The Morgan fingerprint density at radius 3 is 2.47 bits per heavy atom. The monoisotopic (exact) mass is 450 g/mol. The third-order valence-electron chi connectivity index (χ3n) is 4.91. The third-order valence-corrected chi connectivity index (χ3v) is 4.91. The van der Waals surface area contributed by atoms with E-state index in [1.807, 2.05) is 0 Å². The van der Waals surface area contributed by atoms with E-state index >= 15 is 0 Å². The fourth-order valence-corrected chi connectivity index (χ4v) is 3.45. The van der Waals surface area contributed by atoms with Crippen LogP contribution in [-0.4, -0.2) is 48.4 Å². The molecule has 0 unspecified atom stereocenters. The lowest BCUT2D eigenvalue weighted by molar-refractivity contribution is -0.120. The molecule has 1 aromatic heterocycles. The Kier molecular flexibility index (Phi) is 7.04. The van der Waals surface area contributed by atoms with Gasteiger partial charge in [0.1, 0.15) is 5.75 Å². The molecule has 3 rings (SSSR count). The summed E-state index contributed by atoms with van der Waals surface area (Å²) in [4.78, 5) is 25.5. The van der Waals surface area contributed by atoms with E-state index in [1.54, 1.807) is 6.92 Å². The van der Waals surface area contributed by atoms with Gasteiger partial charge < -0.3 is 19.9 Å². The summed E-state index contributed by atoms with van der Waals surface area (Å²) in [6, 6.07) is 7.65. The van der Waals surface area contributed by atoms with E-state index in [0.717, 1.165) is 6.07 Å². The predicted molar refractivity (Wildman–Crippen MR) is 110 cm³/mol. The first-order chi connectivity index (χ1) is 15.3. The van der Waals surface area contributed by atoms with E-state index in [2.05, 4.69) is 10.1 Å². The molecular weight excluding hydrogens is 429 g/mol. The van der Waals surface area contributed by atoms with Crippen LogP contribution in [0.4, 0.5) is 13.2 Å². The lowest BCUT2D eigenvalue weighted by Gasteiger charge is -2.09. The number of carbonyl (C=O) groups excluding carboxylic acids is 2. The molecule has 0 aliphatic rings. The number of nitrogens with zero attached hydrogens (tertiary/aromatic N) is 1. The van der Waals surface area contributed by atoms with Crippen molar-refractivity contribution in [3.8, 4) is 11.5 Å². The average molecular weight is 450 g/mol. The summed E-state index contributed by atoms with van der Waals surface area (Å²) in [7, 11) is 1.30. The highest BCUT2D eigenvalue weighted by Gasteiger charge is 2.23. The summed E-state index contributed by atoms with van der Waals surface area (Å²) in [5.41, 5.74) is 1.27. The maximum absolute atomic E-state index is 14.5. The van der Waals surface area contributed by atoms with Crippen LogP contribution in [0.15, 0.2) is 36.4 Å². The number of methoxy groups -OCH3 is 1. The maximum Gasteiger partial charge on any atom is 0.387 e. The normalized spacial score (nSPS) is 11.1. The van der Waals surface area contributed by atoms with Gasteiger partial charge in [-0.2, -0.15) is 8.78 Å². The molecule has 0 atom stereocenters. The number of hydrogen-bond acceptors (Lipinski definition) is 5. The number of aliphatic hydroxyl groups excluding tert-OH is 1. The zero-order chi connectivity index (χ0) is 23.4. The quantitative estimate of drug-likeness (QED) is 0.551. The number of aromatic nitrogens is 1. The highest BCUT2D eigenvalue weighted by Crippen LogP contribution is 2.32. The number of rotatable bonds is 8. The second-order valence-corrected chi connectivity index (χ2v) is 6.86. The second-order valence-electron chi connectivity index (χ2n) is 6.86. The molecule has 170 valence electrons. The number of benzene rings is 2. The summed E-state index contributed by atoms with van der Waals surface area (Å²) in [6.07, 6.45) is -0.113. The first-order valence-corrected chi connectivity index (χ1v) is 9.61. The van der Waals surface area contributed by atoms with Crippen LogP contribution >= 0.6 is 0 Å². The zero-order valence-electron chi connectivity index (χ0n) is 17.3. The lowest BCUT2D eigenvalue weighted by atomic mass is 10.1. The van der Waals surface area contributed by atoms with Gasteiger partial charge >= 0.3 is 6.61 Å². The fraction of sp³-hybridized carbons (Fsp3) is 0.273. The largest absolute Gasteiger partial charge is 0.494 e. The molecule has 10 heteroatoms. The molecule has 0 saturated heterocycles. The Hall–Kier alpha value is -3.53. The number of alkyl halides is 2. The van der Waals surface area contributed by atoms with E-state index < -0.39 is 18.3 Å². The van der Waals surface area contributed by atoms with E-state index in [1.165, 1.54) is 42.0 Å². The summed E-state index contributed by atoms with van der Waals surface area (Å²) in [5, 5.41) is 11.9. The molecule has 2 N–H and O–H groups in total. The van der Waals surface area contributed by atoms with Gasteiger partial charge in [-0.05, 0) is 42.8 Å². The molecule has 1 heterocycles. The van der Waals surface area contributed by atoms with Gasteiger partial charge in [0, 0.05) is 29.3 Å². The Morgan fingerprint density at radius 1 is 1.19 bits per heavy atom. The van der Waals surface area contributed by atoms with E-state index in [-0.39, 0.29) is 48.1 Å². The van der Waals surface area contributed by atoms with Gasteiger partial charge in [-0.25, -0.2) is 4.39 Å². The van der Waals surface area contributed by atoms with Crippen LogP contribution in [-0.2, 0) is 11.2 Å². The van der Waals surface area contributed by atoms with Crippen molar-refractivity contribution in [1.82, 2.24) is 9.88 Å². The molecule has 0 radical (unpaired) electrons. The Morgan fingerprint density at radius 2 is 1.88 bits per heavy atom. The smallest absolute Gasteiger partial charge is 0.387 e. The molecule has 0 saturated carbocycles. The molecule has 0 aliphatic carbocycles. The van der Waals surface area contributed by atoms with Gasteiger partial charge in [0.2, 0.25) is 5.91 Å². The van der Waals surface area contributed by atoms with E-state index in [0.29, 0.717) is 16.6 Å². The van der Waals surface area contributed by atoms with Crippen LogP contribution in [0, 0.1) is 12.7 Å². The lowest BCUT2D eigenvalue weighted by Crippen LogP contribution is -2.28. The summed E-state index contributed by atoms with van der Waals surface area (Å²) < 4.78 is 49.8. The minimum atomic E-state index is -3.00. The number of aliphatic hydroxyl groups is 1. The van der Waals surface area contributed by atoms with Gasteiger partial charge in [-0.3, -0.25) is 14.2 Å². The van der Waals surface area contributed by atoms with Gasteiger partial charge in [0.25, 0.3) is 5.91 Å². The van der Waals surface area contributed by atoms with Crippen molar-refractivity contribution < 1.29 is 37.3 Å². The number of ether oxygens (including phenoxy) is 2. The first kappa shape index (κ1) is 23.1. The fourth-order valence-electron chi connectivity index (χ4n) is 3.45. The maximum atomic E-state index is 14.5. The Labute approximate surface area is 181 Å². The van der Waals surface area contributed by atoms with E-state index in [9.17, 15) is 22.8 Å². The number of hydrogen-bond donors (Lipinski definition) is 2. The van der Waals surface area contributed by atoms with Crippen molar-refractivity contribution in [1.29, 1.82) is 0 Å². The summed E-state index contributed by atoms with van der Waals surface area (Å²) in [6.45, 7) is -1.54. The summed E-state index contributed by atoms with van der Waals surface area (Å²) >= 11 is 0. The van der Waals surface area contributed by atoms with Gasteiger partial charge in [-0.15, -0.1) is 0 Å². The molecule has 0 spiro atoms. The second kappa shape index (κ2) is 9.73. The number of halogens is 3. The van der Waals surface area contributed by atoms with Crippen molar-refractivity contribution in [2.75, 3.05) is 20.3 Å². The molecule has 0 aliphatic heterocycles. The van der Waals surface area contributed by atoms with Gasteiger partial charge in [0.15, 0.2) is 11.6 Å². The van der Waals surface area contributed by atoms with Crippen LogP contribution < -0.4 is 14.8 Å². The topological polar surface area (TPSA) is 89.8 Å². The molecule has 7 nitrogen and oxygen atoms in total. The summed E-state index contributed by atoms with van der Waals surface area (Å²) in [5.74, 6) is -1.77. The standard InChI is InChI=1S/C22H21F3N2O5/c1-12-15(10-20(29)26-7-8-28)16-9-19(31-2)17(23)11-18(16)27(12)21(30)13-3-5-14(6-4-13)32-22(24)25/h3-6,9,11,22,28H,7-8,10H2,1-2H3,(H,26,29). The van der Waals surface area contributed by atoms with Crippen LogP contribution in [0.3, 0.4) is 0 Å². The van der Waals surface area contributed by atoms with Crippen LogP contribution in [0.2, 0.25) is 0 Å². The van der Waals surface area contributed by atoms with Crippen molar-refractivity contribution in [2.45, 2.75) is 20.0 Å². The molecule has 3 aromatic rings. The molecular formula is C22H21F3N2O5. The third kappa shape index (κ3) is 4.70. The predicted octanol–water partition coefficient (Wildman–Crippen LogP) is 3.04. The molecule has 0 fully saturated rings. The number of fused-ring (bicyclic) bond motifs is 1. The van der Waals surface area contributed by atoms with Crippen molar-refractivity contribution in [3.63, 3.8) is 0 Å². The molecule has 0 bridgehead atoms. The number of carbonyl (C=O) groups is 2. The Balaban J connectivity index is 2.09. The zero-order valence-corrected chi connectivity index (χ0v) is 17.3. The highest BCUT2D eigenvalue weighted by atomic mass is 19.3. The Bertz CT molecular complexity index is 1140. The minimum Gasteiger partial charge on any atom is -0.494 e. The van der Waals surface area contributed by atoms with Crippen molar-refractivity contribution in [2.24, 2.45) is 0 Å². The molecule has 32 heavy (non-hydrogen) atoms. The SMILES string of the molecule is COc1cc2c(CC(=O)NCCO)c(C)n(C(=O)c3ccc(OC(F)F)cc3)c2cc1F. The van der Waals surface area contributed by atoms with Crippen molar-refractivity contribution in [3.05, 3.63) is 59.0 Å². The molecule has 2 aromatic carbocycles. The van der Waals surface area contributed by atoms with E-state index in [4.69, 9.17) is 9.84 Å².